The van der Waals surface area contributed by atoms with E-state index in [-0.39, 0.29) is 5.82 Å². The zero-order chi connectivity index (χ0) is 17.8. The number of piperazine rings is 1. The molecule has 132 valence electrons. The van der Waals surface area contributed by atoms with E-state index in [1.54, 1.807) is 18.2 Å². The normalized spacial score (nSPS) is 15.2. The molecule has 1 fully saturated rings. The summed E-state index contributed by atoms with van der Waals surface area (Å²) in [5, 5.41) is 4.90. The Morgan fingerprint density at radius 1 is 1.00 bits per heavy atom. The van der Waals surface area contributed by atoms with Gasteiger partial charge in [0.05, 0.1) is 5.69 Å². The first-order valence-corrected chi connectivity index (χ1v) is 9.16. The number of nitrogens with one attached hydrogen (secondary N) is 1. The zero-order valence-electron chi connectivity index (χ0n) is 13.5. The van der Waals surface area contributed by atoms with Gasteiger partial charge in [-0.1, -0.05) is 41.4 Å². The zero-order valence-corrected chi connectivity index (χ0v) is 15.8. The van der Waals surface area contributed by atoms with Crippen molar-refractivity contribution in [1.29, 1.82) is 0 Å². The SMILES string of the molecule is Fc1ccccc1NC(=S)N1CCN(Cc2c(Cl)cccc2Cl)CC1. The Morgan fingerprint density at radius 2 is 1.64 bits per heavy atom. The van der Waals surface area contributed by atoms with Crippen molar-refractivity contribution in [3.05, 3.63) is 63.9 Å². The Labute approximate surface area is 162 Å². The van der Waals surface area contributed by atoms with Crippen LogP contribution in [-0.2, 0) is 6.54 Å². The number of hydrogen-bond acceptors (Lipinski definition) is 2. The minimum atomic E-state index is -0.308. The fourth-order valence-electron chi connectivity index (χ4n) is 2.77. The van der Waals surface area contributed by atoms with Crippen molar-refractivity contribution in [1.82, 2.24) is 9.80 Å². The van der Waals surface area contributed by atoms with Crippen LogP contribution in [0.1, 0.15) is 5.56 Å². The van der Waals surface area contributed by atoms with Gasteiger partial charge in [0.25, 0.3) is 0 Å². The Bertz CT molecular complexity index is 743. The molecule has 25 heavy (non-hydrogen) atoms. The van der Waals surface area contributed by atoms with Gasteiger partial charge in [-0.25, -0.2) is 4.39 Å². The lowest BCUT2D eigenvalue weighted by molar-refractivity contribution is 0.177. The molecule has 0 radical (unpaired) electrons. The molecule has 2 aromatic carbocycles. The summed E-state index contributed by atoms with van der Waals surface area (Å²) >= 11 is 17.9. The van der Waals surface area contributed by atoms with Crippen molar-refractivity contribution in [3.8, 4) is 0 Å². The summed E-state index contributed by atoms with van der Waals surface area (Å²) in [6, 6.07) is 12.1. The van der Waals surface area contributed by atoms with Crippen LogP contribution in [0.3, 0.4) is 0 Å². The number of hydrogen-bond donors (Lipinski definition) is 1. The van der Waals surface area contributed by atoms with E-state index < -0.39 is 0 Å². The van der Waals surface area contributed by atoms with Crippen LogP contribution in [0.15, 0.2) is 42.5 Å². The molecule has 0 amide bonds. The number of rotatable bonds is 3. The minimum Gasteiger partial charge on any atom is -0.346 e. The van der Waals surface area contributed by atoms with Gasteiger partial charge in [-0.05, 0) is 36.5 Å². The highest BCUT2D eigenvalue weighted by Gasteiger charge is 2.21. The van der Waals surface area contributed by atoms with Gasteiger partial charge in [0.2, 0.25) is 0 Å². The van der Waals surface area contributed by atoms with E-state index in [4.69, 9.17) is 35.4 Å². The summed E-state index contributed by atoms with van der Waals surface area (Å²) in [5.41, 5.74) is 1.35. The van der Waals surface area contributed by atoms with Crippen LogP contribution in [0.25, 0.3) is 0 Å². The van der Waals surface area contributed by atoms with Crippen molar-refractivity contribution in [2.75, 3.05) is 31.5 Å². The lowest BCUT2D eigenvalue weighted by Gasteiger charge is -2.36. The maximum atomic E-state index is 13.7. The molecule has 0 aromatic heterocycles. The van der Waals surface area contributed by atoms with Gasteiger partial charge in [-0.3, -0.25) is 4.90 Å². The number of benzene rings is 2. The van der Waals surface area contributed by atoms with Gasteiger partial charge in [-0.15, -0.1) is 0 Å². The van der Waals surface area contributed by atoms with Gasteiger partial charge in [0.15, 0.2) is 5.11 Å². The van der Waals surface area contributed by atoms with Gasteiger partial charge < -0.3 is 10.2 Å². The standard InChI is InChI=1S/C18H18Cl2FN3S/c19-14-4-3-5-15(20)13(14)12-23-8-10-24(11-9-23)18(25)22-17-7-2-1-6-16(17)21/h1-7H,8-12H2,(H,22,25). The maximum absolute atomic E-state index is 13.7. The molecule has 3 rings (SSSR count). The Kier molecular flexibility index (Phi) is 6.12. The average Bonchev–Trinajstić information content (AvgIpc) is 2.61. The lowest BCUT2D eigenvalue weighted by atomic mass is 10.2. The number of nitrogens with zero attached hydrogens (tertiary/aromatic N) is 2. The summed E-state index contributed by atoms with van der Waals surface area (Å²) in [5.74, 6) is -0.308. The highest BCUT2D eigenvalue weighted by atomic mass is 35.5. The molecule has 0 spiro atoms. The molecule has 0 bridgehead atoms. The first-order valence-electron chi connectivity index (χ1n) is 8.00. The van der Waals surface area contributed by atoms with Crippen LogP contribution in [0.2, 0.25) is 10.0 Å². The molecule has 1 saturated heterocycles. The van der Waals surface area contributed by atoms with Crippen LogP contribution in [0.5, 0.6) is 0 Å². The number of thiocarbonyl (C=S) groups is 1. The van der Waals surface area contributed by atoms with Crippen LogP contribution in [0, 0.1) is 5.82 Å². The van der Waals surface area contributed by atoms with E-state index in [1.807, 2.05) is 23.1 Å². The molecular formula is C18H18Cl2FN3S. The van der Waals surface area contributed by atoms with E-state index in [9.17, 15) is 4.39 Å². The molecule has 1 aliphatic heterocycles. The van der Waals surface area contributed by atoms with Crippen molar-refractivity contribution in [2.24, 2.45) is 0 Å². The first kappa shape index (κ1) is 18.4. The third kappa shape index (κ3) is 4.61. The van der Waals surface area contributed by atoms with E-state index >= 15 is 0 Å². The summed E-state index contributed by atoms with van der Waals surface area (Å²) in [7, 11) is 0. The molecule has 0 saturated carbocycles. The molecule has 0 unspecified atom stereocenters. The molecule has 0 aliphatic carbocycles. The smallest absolute Gasteiger partial charge is 0.173 e. The van der Waals surface area contributed by atoms with Crippen LogP contribution in [-0.4, -0.2) is 41.1 Å². The second kappa shape index (κ2) is 8.32. The number of halogens is 3. The van der Waals surface area contributed by atoms with Crippen molar-refractivity contribution in [3.63, 3.8) is 0 Å². The maximum Gasteiger partial charge on any atom is 0.173 e. The third-order valence-electron chi connectivity index (χ3n) is 4.22. The predicted octanol–water partition coefficient (Wildman–Crippen LogP) is 4.65. The second-order valence-corrected chi connectivity index (χ2v) is 7.07. The molecule has 0 atom stereocenters. The summed E-state index contributed by atoms with van der Waals surface area (Å²) < 4.78 is 13.7. The molecule has 7 heteroatoms. The van der Waals surface area contributed by atoms with E-state index in [0.29, 0.717) is 27.4 Å². The van der Waals surface area contributed by atoms with Gasteiger partial charge in [0, 0.05) is 48.3 Å². The van der Waals surface area contributed by atoms with Gasteiger partial charge in [-0.2, -0.15) is 0 Å². The summed E-state index contributed by atoms with van der Waals surface area (Å²) in [4.78, 5) is 4.34. The Balaban J connectivity index is 1.55. The molecule has 3 nitrogen and oxygen atoms in total. The quantitative estimate of drug-likeness (QED) is 0.759. The third-order valence-corrected chi connectivity index (χ3v) is 5.29. The van der Waals surface area contributed by atoms with Crippen molar-refractivity contribution < 1.29 is 4.39 Å². The van der Waals surface area contributed by atoms with Crippen LogP contribution < -0.4 is 5.32 Å². The largest absolute Gasteiger partial charge is 0.346 e. The molecule has 1 aliphatic rings. The average molecular weight is 398 g/mol. The highest BCUT2D eigenvalue weighted by Crippen LogP contribution is 2.26. The van der Waals surface area contributed by atoms with E-state index in [0.717, 1.165) is 31.7 Å². The topological polar surface area (TPSA) is 18.5 Å². The molecule has 2 aromatic rings. The lowest BCUT2D eigenvalue weighted by Crippen LogP contribution is -2.49. The van der Waals surface area contributed by atoms with E-state index in [1.165, 1.54) is 6.07 Å². The summed E-state index contributed by atoms with van der Waals surface area (Å²) in [6.45, 7) is 3.91. The van der Waals surface area contributed by atoms with Crippen molar-refractivity contribution >= 4 is 46.2 Å². The second-order valence-electron chi connectivity index (χ2n) is 5.87. The Hall–Kier alpha value is -1.40. The fourth-order valence-corrected chi connectivity index (χ4v) is 3.58. The van der Waals surface area contributed by atoms with Crippen molar-refractivity contribution in [2.45, 2.75) is 6.54 Å². The fraction of sp³-hybridized carbons (Fsp3) is 0.278. The van der Waals surface area contributed by atoms with Gasteiger partial charge >= 0.3 is 0 Å². The minimum absolute atomic E-state index is 0.308. The van der Waals surface area contributed by atoms with Crippen LogP contribution in [0.4, 0.5) is 10.1 Å². The van der Waals surface area contributed by atoms with Crippen LogP contribution >= 0.6 is 35.4 Å². The first-order chi connectivity index (χ1) is 12.0. The Morgan fingerprint density at radius 3 is 2.28 bits per heavy atom. The number of para-hydroxylation sites is 1. The number of anilines is 1. The van der Waals surface area contributed by atoms with E-state index in [2.05, 4.69) is 10.2 Å². The van der Waals surface area contributed by atoms with Gasteiger partial charge in [0.1, 0.15) is 5.82 Å². The molecular weight excluding hydrogens is 380 g/mol. The predicted molar refractivity (Wildman–Crippen MR) is 106 cm³/mol. The molecule has 1 heterocycles. The summed E-state index contributed by atoms with van der Waals surface area (Å²) in [6.07, 6.45) is 0. The monoisotopic (exact) mass is 397 g/mol. The highest BCUT2D eigenvalue weighted by molar-refractivity contribution is 7.80. The molecule has 1 N–H and O–H groups in total.